The van der Waals surface area contributed by atoms with E-state index in [0.29, 0.717) is 17.1 Å². The summed E-state index contributed by atoms with van der Waals surface area (Å²) in [6.07, 6.45) is 0. The molecule has 3 aromatic rings. The molecule has 0 atom stereocenters. The molecule has 1 aromatic heterocycles. The van der Waals surface area contributed by atoms with Gasteiger partial charge in [-0.1, -0.05) is 30.3 Å². The first-order chi connectivity index (χ1) is 15.0. The number of carbonyl (C=O) groups excluding carboxylic acids is 2. The Kier molecular flexibility index (Phi) is 5.85. The fraction of sp³-hybridized carbons (Fsp3) is 0.136. The second kappa shape index (κ2) is 8.88. The van der Waals surface area contributed by atoms with Gasteiger partial charge < -0.3 is 5.32 Å². The number of hydrogen-bond acceptors (Lipinski definition) is 7. The molecule has 156 valence electrons. The zero-order chi connectivity index (χ0) is 21.8. The number of nitrogens with one attached hydrogen (secondary N) is 2. The van der Waals surface area contributed by atoms with Crippen molar-refractivity contribution in [3.05, 3.63) is 65.0 Å². The summed E-state index contributed by atoms with van der Waals surface area (Å²) in [5.74, 6) is -0.420. The fourth-order valence-electron chi connectivity index (χ4n) is 2.99. The lowest BCUT2D eigenvalue weighted by Gasteiger charge is -2.09. The molecule has 2 N–H and O–H groups in total. The number of rotatable bonds is 6. The van der Waals surface area contributed by atoms with Gasteiger partial charge in [0.1, 0.15) is 5.01 Å². The van der Waals surface area contributed by atoms with E-state index < -0.39 is 0 Å². The van der Waals surface area contributed by atoms with Gasteiger partial charge in [0.25, 0.3) is 5.91 Å². The van der Waals surface area contributed by atoms with Crippen LogP contribution in [0.15, 0.2) is 70.2 Å². The van der Waals surface area contributed by atoms with E-state index in [0.717, 1.165) is 16.3 Å². The molecule has 0 bridgehead atoms. The SMILES string of the molecule is CC(=O)Nc1ccc(N/N=C2/C(=O)N(Cc3nc(-c4ccccc4)cs3)N=C2C)cc1. The van der Waals surface area contributed by atoms with Crippen molar-refractivity contribution < 1.29 is 9.59 Å². The molecule has 0 fully saturated rings. The molecule has 0 aliphatic carbocycles. The van der Waals surface area contributed by atoms with Gasteiger partial charge in [-0.3, -0.25) is 15.0 Å². The van der Waals surface area contributed by atoms with Gasteiger partial charge in [-0.2, -0.15) is 10.2 Å². The summed E-state index contributed by atoms with van der Waals surface area (Å²) in [6, 6.07) is 16.9. The number of aromatic nitrogens is 1. The van der Waals surface area contributed by atoms with Gasteiger partial charge in [-0.25, -0.2) is 9.99 Å². The first-order valence-corrected chi connectivity index (χ1v) is 10.5. The number of nitrogens with zero attached hydrogens (tertiary/aromatic N) is 4. The Morgan fingerprint density at radius 1 is 1.10 bits per heavy atom. The van der Waals surface area contributed by atoms with Crippen molar-refractivity contribution in [2.45, 2.75) is 20.4 Å². The Hall–Kier alpha value is -3.85. The average molecular weight is 433 g/mol. The molecule has 1 aliphatic heterocycles. The molecule has 9 heteroatoms. The molecular formula is C22H20N6O2S. The van der Waals surface area contributed by atoms with E-state index in [2.05, 4.69) is 25.9 Å². The topological polar surface area (TPSA) is 99.0 Å². The van der Waals surface area contributed by atoms with Crippen molar-refractivity contribution in [1.82, 2.24) is 9.99 Å². The molecule has 8 nitrogen and oxygen atoms in total. The lowest BCUT2D eigenvalue weighted by atomic mass is 10.2. The molecule has 4 rings (SSSR count). The van der Waals surface area contributed by atoms with Crippen LogP contribution in [0.4, 0.5) is 11.4 Å². The van der Waals surface area contributed by atoms with Crippen LogP contribution in [-0.2, 0) is 16.1 Å². The first kappa shape index (κ1) is 20.4. The van der Waals surface area contributed by atoms with Gasteiger partial charge in [0.05, 0.1) is 23.6 Å². The maximum Gasteiger partial charge on any atom is 0.296 e. The summed E-state index contributed by atoms with van der Waals surface area (Å²) in [6.45, 7) is 3.49. The van der Waals surface area contributed by atoms with E-state index in [-0.39, 0.29) is 24.1 Å². The van der Waals surface area contributed by atoms with Crippen molar-refractivity contribution in [1.29, 1.82) is 0 Å². The van der Waals surface area contributed by atoms with Crippen LogP contribution >= 0.6 is 11.3 Å². The summed E-state index contributed by atoms with van der Waals surface area (Å²) in [4.78, 5) is 28.5. The standard InChI is InChI=1S/C22H20N6O2S/c1-14-21(26-25-18-10-8-17(9-11-18)23-15(2)29)22(30)28(27-14)12-20-24-19(13-31-20)16-6-4-3-5-7-16/h3-11,13,25H,12H2,1-2H3,(H,23,29)/b26-21+. The van der Waals surface area contributed by atoms with Crippen LogP contribution in [0.25, 0.3) is 11.3 Å². The van der Waals surface area contributed by atoms with Crippen molar-refractivity contribution >= 4 is 45.9 Å². The van der Waals surface area contributed by atoms with E-state index in [9.17, 15) is 9.59 Å². The average Bonchev–Trinajstić information content (AvgIpc) is 3.33. The van der Waals surface area contributed by atoms with E-state index >= 15 is 0 Å². The summed E-state index contributed by atoms with van der Waals surface area (Å²) in [5, 5.41) is 15.4. The molecule has 0 spiro atoms. The predicted octanol–water partition coefficient (Wildman–Crippen LogP) is 3.95. The zero-order valence-corrected chi connectivity index (χ0v) is 17.8. The second-order valence-electron chi connectivity index (χ2n) is 6.87. The maximum atomic E-state index is 12.8. The Labute approximate surface area is 183 Å². The highest BCUT2D eigenvalue weighted by molar-refractivity contribution is 7.10. The molecule has 0 unspecified atom stereocenters. The Bertz CT molecular complexity index is 1170. The zero-order valence-electron chi connectivity index (χ0n) is 17.0. The molecule has 2 heterocycles. The number of hydrazone groups is 2. The highest BCUT2D eigenvalue weighted by Crippen LogP contribution is 2.23. The Morgan fingerprint density at radius 2 is 1.81 bits per heavy atom. The largest absolute Gasteiger partial charge is 0.326 e. The quantitative estimate of drug-likeness (QED) is 0.576. The minimum atomic E-state index is -0.281. The van der Waals surface area contributed by atoms with Gasteiger partial charge in [0, 0.05) is 23.6 Å². The third kappa shape index (κ3) is 4.84. The molecule has 0 saturated carbocycles. The van der Waals surface area contributed by atoms with E-state index in [1.54, 1.807) is 31.2 Å². The van der Waals surface area contributed by atoms with Gasteiger partial charge in [-0.05, 0) is 31.2 Å². The molecule has 2 amide bonds. The third-order valence-electron chi connectivity index (χ3n) is 4.46. The van der Waals surface area contributed by atoms with E-state index in [1.165, 1.54) is 23.3 Å². The number of thiazole rings is 1. The molecule has 1 aliphatic rings. The number of benzene rings is 2. The number of hydrogen-bond donors (Lipinski definition) is 2. The summed E-state index contributed by atoms with van der Waals surface area (Å²) < 4.78 is 0. The van der Waals surface area contributed by atoms with E-state index in [1.807, 2.05) is 35.7 Å². The number of anilines is 2. The highest BCUT2D eigenvalue weighted by Gasteiger charge is 2.30. The minimum Gasteiger partial charge on any atom is -0.326 e. The van der Waals surface area contributed by atoms with Crippen LogP contribution in [-0.4, -0.2) is 33.2 Å². The van der Waals surface area contributed by atoms with Gasteiger partial charge in [0.15, 0.2) is 5.71 Å². The van der Waals surface area contributed by atoms with Gasteiger partial charge in [-0.15, -0.1) is 11.3 Å². The van der Waals surface area contributed by atoms with Crippen LogP contribution < -0.4 is 10.7 Å². The minimum absolute atomic E-state index is 0.138. The molecular weight excluding hydrogens is 412 g/mol. The monoisotopic (exact) mass is 432 g/mol. The summed E-state index contributed by atoms with van der Waals surface area (Å²) in [7, 11) is 0. The molecule has 31 heavy (non-hydrogen) atoms. The molecule has 2 aromatic carbocycles. The first-order valence-electron chi connectivity index (χ1n) is 9.58. The lowest BCUT2D eigenvalue weighted by Crippen LogP contribution is -2.27. The summed E-state index contributed by atoms with van der Waals surface area (Å²) >= 11 is 1.49. The van der Waals surface area contributed by atoms with Crippen molar-refractivity contribution in [2.75, 3.05) is 10.7 Å². The van der Waals surface area contributed by atoms with Gasteiger partial charge in [0.2, 0.25) is 5.91 Å². The Balaban J connectivity index is 1.41. The van der Waals surface area contributed by atoms with E-state index in [4.69, 9.17) is 0 Å². The smallest absolute Gasteiger partial charge is 0.296 e. The maximum absolute atomic E-state index is 12.8. The lowest BCUT2D eigenvalue weighted by molar-refractivity contribution is -0.123. The number of amides is 2. The highest BCUT2D eigenvalue weighted by atomic mass is 32.1. The molecule has 0 saturated heterocycles. The van der Waals surface area contributed by atoms with Crippen LogP contribution in [0, 0.1) is 0 Å². The van der Waals surface area contributed by atoms with Crippen molar-refractivity contribution in [3.8, 4) is 11.3 Å². The van der Waals surface area contributed by atoms with Crippen LogP contribution in [0.2, 0.25) is 0 Å². The fourth-order valence-corrected chi connectivity index (χ4v) is 3.78. The molecule has 0 radical (unpaired) electrons. The van der Waals surface area contributed by atoms with Gasteiger partial charge >= 0.3 is 0 Å². The van der Waals surface area contributed by atoms with Crippen LogP contribution in [0.3, 0.4) is 0 Å². The van der Waals surface area contributed by atoms with Crippen molar-refractivity contribution in [3.63, 3.8) is 0 Å². The van der Waals surface area contributed by atoms with Crippen LogP contribution in [0.5, 0.6) is 0 Å². The third-order valence-corrected chi connectivity index (χ3v) is 5.29. The predicted molar refractivity (Wildman–Crippen MR) is 123 cm³/mol. The second-order valence-corrected chi connectivity index (χ2v) is 7.81. The van der Waals surface area contributed by atoms with Crippen LogP contribution in [0.1, 0.15) is 18.9 Å². The number of carbonyl (C=O) groups is 2. The Morgan fingerprint density at radius 3 is 2.52 bits per heavy atom. The van der Waals surface area contributed by atoms with Crippen molar-refractivity contribution in [2.24, 2.45) is 10.2 Å². The summed E-state index contributed by atoms with van der Waals surface area (Å²) in [5.41, 5.74) is 6.95. The normalized spacial score (nSPS) is 14.6.